The molecule has 0 unspecified atom stereocenters. The molecule has 1 aromatic heterocycles. The van der Waals surface area contributed by atoms with E-state index >= 15 is 0 Å². The molecule has 132 valence electrons. The number of halogens is 2. The van der Waals surface area contributed by atoms with Crippen LogP contribution >= 0.6 is 0 Å². The lowest BCUT2D eigenvalue weighted by Gasteiger charge is -2.24. The van der Waals surface area contributed by atoms with Crippen molar-refractivity contribution in [3.8, 4) is 5.88 Å². The van der Waals surface area contributed by atoms with Crippen molar-refractivity contribution in [2.24, 2.45) is 5.73 Å². The number of benzene rings is 1. The van der Waals surface area contributed by atoms with Gasteiger partial charge >= 0.3 is 0 Å². The smallest absolute Gasteiger partial charge is 0.244 e. The summed E-state index contributed by atoms with van der Waals surface area (Å²) in [5, 5.41) is 0. The fourth-order valence-corrected chi connectivity index (χ4v) is 2.37. The van der Waals surface area contributed by atoms with E-state index in [1.165, 1.54) is 18.2 Å². The Morgan fingerprint density at radius 3 is 2.56 bits per heavy atom. The van der Waals surface area contributed by atoms with Gasteiger partial charge in [0.2, 0.25) is 11.8 Å². The highest BCUT2D eigenvalue weighted by Crippen LogP contribution is 2.18. The van der Waals surface area contributed by atoms with E-state index in [0.29, 0.717) is 17.1 Å². The SMILES string of the molecule is C=CCN(C(=O)[C@@H](N)Cc1cc(F)cc(F)c1)c1ccc(OC)nc1. The standard InChI is InChI=1S/C18H19F2N3O2/c1-3-6-23(15-4-5-17(25-2)22-11-15)18(24)16(21)9-12-7-13(19)10-14(20)8-12/h3-5,7-8,10-11,16H,1,6,9,21H2,2H3/t16-/m0/s1. The molecule has 1 amide bonds. The quantitative estimate of drug-likeness (QED) is 0.781. The number of methoxy groups -OCH3 is 1. The van der Waals surface area contributed by atoms with E-state index < -0.39 is 23.6 Å². The van der Waals surface area contributed by atoms with E-state index in [4.69, 9.17) is 10.5 Å². The Bertz CT molecular complexity index is 730. The predicted molar refractivity (Wildman–Crippen MR) is 91.4 cm³/mol. The third-order valence-electron chi connectivity index (χ3n) is 3.51. The lowest BCUT2D eigenvalue weighted by molar-refractivity contribution is -0.119. The zero-order chi connectivity index (χ0) is 18.4. The molecule has 5 nitrogen and oxygen atoms in total. The first kappa shape index (κ1) is 18.5. The molecule has 0 aliphatic heterocycles. The number of nitrogens with two attached hydrogens (primary N) is 1. The zero-order valence-corrected chi connectivity index (χ0v) is 13.8. The van der Waals surface area contributed by atoms with E-state index in [1.54, 1.807) is 18.2 Å². The fraction of sp³-hybridized carbons (Fsp3) is 0.222. The van der Waals surface area contributed by atoms with Gasteiger partial charge in [0, 0.05) is 18.7 Å². The van der Waals surface area contributed by atoms with E-state index in [2.05, 4.69) is 11.6 Å². The summed E-state index contributed by atoms with van der Waals surface area (Å²) in [5.74, 6) is -1.42. The van der Waals surface area contributed by atoms with Crippen LogP contribution in [0.1, 0.15) is 5.56 Å². The largest absolute Gasteiger partial charge is 0.481 e. The van der Waals surface area contributed by atoms with Crippen LogP contribution in [0.15, 0.2) is 49.2 Å². The maximum Gasteiger partial charge on any atom is 0.244 e. The van der Waals surface area contributed by atoms with Gasteiger partial charge in [0.05, 0.1) is 25.0 Å². The Balaban J connectivity index is 2.18. The Hall–Kier alpha value is -2.80. The van der Waals surface area contributed by atoms with Gasteiger partial charge < -0.3 is 15.4 Å². The average Bonchev–Trinajstić information content (AvgIpc) is 2.58. The molecule has 1 aromatic carbocycles. The molecule has 0 aliphatic carbocycles. The number of carbonyl (C=O) groups excluding carboxylic acids is 1. The van der Waals surface area contributed by atoms with Gasteiger partial charge in [0.25, 0.3) is 0 Å². The maximum atomic E-state index is 13.3. The molecule has 2 aromatic rings. The monoisotopic (exact) mass is 347 g/mol. The summed E-state index contributed by atoms with van der Waals surface area (Å²) in [4.78, 5) is 18.1. The van der Waals surface area contributed by atoms with E-state index in [1.807, 2.05) is 0 Å². The number of amides is 1. The highest BCUT2D eigenvalue weighted by atomic mass is 19.1. The number of nitrogens with zero attached hydrogens (tertiary/aromatic N) is 2. The van der Waals surface area contributed by atoms with Gasteiger partial charge in [-0.2, -0.15) is 0 Å². The van der Waals surface area contributed by atoms with Crippen LogP contribution in [0.3, 0.4) is 0 Å². The molecule has 1 heterocycles. The molecule has 7 heteroatoms. The van der Waals surface area contributed by atoms with Crippen LogP contribution in [0.4, 0.5) is 14.5 Å². The molecular weight excluding hydrogens is 328 g/mol. The molecule has 0 spiro atoms. The summed E-state index contributed by atoms with van der Waals surface area (Å²) < 4.78 is 31.6. The molecular formula is C18H19F2N3O2. The molecule has 0 saturated heterocycles. The Morgan fingerprint density at radius 1 is 1.36 bits per heavy atom. The first-order valence-corrected chi connectivity index (χ1v) is 7.57. The summed E-state index contributed by atoms with van der Waals surface area (Å²) >= 11 is 0. The second-order valence-corrected chi connectivity index (χ2v) is 5.38. The van der Waals surface area contributed by atoms with Crippen LogP contribution in [0.5, 0.6) is 5.88 Å². The van der Waals surface area contributed by atoms with Crippen molar-refractivity contribution in [2.75, 3.05) is 18.6 Å². The molecule has 2 N–H and O–H groups in total. The number of ether oxygens (including phenoxy) is 1. The minimum Gasteiger partial charge on any atom is -0.481 e. The summed E-state index contributed by atoms with van der Waals surface area (Å²) in [7, 11) is 1.49. The number of rotatable bonds is 7. The predicted octanol–water partition coefficient (Wildman–Crippen LogP) is 2.46. The Kier molecular flexibility index (Phi) is 6.19. The summed E-state index contributed by atoms with van der Waals surface area (Å²) in [6, 6.07) is 5.40. The van der Waals surface area contributed by atoms with Crippen molar-refractivity contribution < 1.29 is 18.3 Å². The third kappa shape index (κ3) is 4.84. The highest BCUT2D eigenvalue weighted by Gasteiger charge is 2.22. The van der Waals surface area contributed by atoms with Crippen LogP contribution in [-0.2, 0) is 11.2 Å². The van der Waals surface area contributed by atoms with Gasteiger partial charge in [-0.05, 0) is 30.2 Å². The normalized spacial score (nSPS) is 11.7. The van der Waals surface area contributed by atoms with Crippen molar-refractivity contribution in [2.45, 2.75) is 12.5 Å². The first-order chi connectivity index (χ1) is 11.9. The van der Waals surface area contributed by atoms with Crippen LogP contribution in [0, 0.1) is 11.6 Å². The summed E-state index contributed by atoms with van der Waals surface area (Å²) in [6.07, 6.45) is 3.04. The van der Waals surface area contributed by atoms with Crippen LogP contribution in [0.25, 0.3) is 0 Å². The minimum atomic E-state index is -0.969. The van der Waals surface area contributed by atoms with Gasteiger partial charge in [-0.3, -0.25) is 4.79 Å². The van der Waals surface area contributed by atoms with Crippen molar-refractivity contribution in [1.29, 1.82) is 0 Å². The number of hydrogen-bond acceptors (Lipinski definition) is 4. The van der Waals surface area contributed by atoms with Gasteiger partial charge in [-0.1, -0.05) is 6.08 Å². The Labute approximate surface area is 144 Å². The molecule has 25 heavy (non-hydrogen) atoms. The van der Waals surface area contributed by atoms with E-state index in [0.717, 1.165) is 18.2 Å². The minimum absolute atomic E-state index is 0.00470. The van der Waals surface area contributed by atoms with Crippen molar-refractivity contribution in [3.05, 3.63) is 66.4 Å². The van der Waals surface area contributed by atoms with E-state index in [9.17, 15) is 13.6 Å². The second-order valence-electron chi connectivity index (χ2n) is 5.38. The molecule has 1 atom stereocenters. The second kappa shape index (κ2) is 8.34. The number of pyridine rings is 1. The van der Waals surface area contributed by atoms with Crippen LogP contribution in [0.2, 0.25) is 0 Å². The first-order valence-electron chi connectivity index (χ1n) is 7.57. The number of carbonyl (C=O) groups is 1. The number of hydrogen-bond donors (Lipinski definition) is 1. The molecule has 0 saturated carbocycles. The molecule has 0 bridgehead atoms. The molecule has 0 aliphatic rings. The average molecular weight is 347 g/mol. The van der Waals surface area contributed by atoms with Crippen LogP contribution in [-0.4, -0.2) is 30.6 Å². The zero-order valence-electron chi connectivity index (χ0n) is 13.8. The van der Waals surface area contributed by atoms with Gasteiger partial charge in [-0.25, -0.2) is 13.8 Å². The fourth-order valence-electron chi connectivity index (χ4n) is 2.37. The molecule has 2 rings (SSSR count). The number of aromatic nitrogens is 1. The summed E-state index contributed by atoms with van der Waals surface area (Å²) in [5.41, 5.74) is 6.79. The lowest BCUT2D eigenvalue weighted by Crippen LogP contribution is -2.45. The summed E-state index contributed by atoms with van der Waals surface area (Å²) in [6.45, 7) is 3.85. The Morgan fingerprint density at radius 2 is 2.04 bits per heavy atom. The van der Waals surface area contributed by atoms with Gasteiger partial charge in [0.15, 0.2) is 0 Å². The van der Waals surface area contributed by atoms with Crippen LogP contribution < -0.4 is 15.4 Å². The van der Waals surface area contributed by atoms with Crippen molar-refractivity contribution >= 4 is 11.6 Å². The van der Waals surface area contributed by atoms with Crippen molar-refractivity contribution in [3.63, 3.8) is 0 Å². The van der Waals surface area contributed by atoms with Crippen molar-refractivity contribution in [1.82, 2.24) is 4.98 Å². The molecule has 0 radical (unpaired) electrons. The number of anilines is 1. The maximum absolute atomic E-state index is 13.3. The third-order valence-corrected chi connectivity index (χ3v) is 3.51. The van der Waals surface area contributed by atoms with E-state index in [-0.39, 0.29) is 13.0 Å². The molecule has 0 fully saturated rings. The topological polar surface area (TPSA) is 68.5 Å². The van der Waals surface area contributed by atoms with Gasteiger partial charge in [-0.15, -0.1) is 6.58 Å². The highest BCUT2D eigenvalue weighted by molar-refractivity contribution is 5.97. The van der Waals surface area contributed by atoms with Gasteiger partial charge in [0.1, 0.15) is 11.6 Å². The lowest BCUT2D eigenvalue weighted by atomic mass is 10.0.